The number of halogens is 4. The van der Waals surface area contributed by atoms with E-state index in [1.807, 2.05) is 27.7 Å². The molecule has 0 radical (unpaired) electrons. The van der Waals surface area contributed by atoms with Crippen LogP contribution in [0.15, 0.2) is 12.1 Å². The third-order valence-corrected chi connectivity index (χ3v) is 3.70. The molecule has 0 saturated carbocycles. The quantitative estimate of drug-likeness (QED) is 0.580. The Morgan fingerprint density at radius 3 is 2.25 bits per heavy atom. The van der Waals surface area contributed by atoms with Crippen molar-refractivity contribution in [2.45, 2.75) is 40.3 Å². The highest BCUT2D eigenvalue weighted by atomic mass is 35.5. The second-order valence-electron chi connectivity index (χ2n) is 5.93. The van der Waals surface area contributed by atoms with Gasteiger partial charge in [0.1, 0.15) is 10.8 Å². The van der Waals surface area contributed by atoms with E-state index in [1.54, 1.807) is 0 Å². The Hall–Kier alpha value is -1.10. The van der Waals surface area contributed by atoms with E-state index >= 15 is 0 Å². The van der Waals surface area contributed by atoms with E-state index in [1.165, 1.54) is 0 Å². The van der Waals surface area contributed by atoms with E-state index in [2.05, 4.69) is 4.98 Å². The number of carbonyl (C=O) groups excluding carboxylic acids is 1. The minimum absolute atomic E-state index is 0.0377. The Morgan fingerprint density at radius 1 is 1.30 bits per heavy atom. The summed E-state index contributed by atoms with van der Waals surface area (Å²) in [5.74, 6) is -0.216. The van der Waals surface area contributed by atoms with Gasteiger partial charge in [-0.1, -0.05) is 39.3 Å². The molecule has 0 fully saturated rings. The molecule has 0 spiro atoms. The van der Waals surface area contributed by atoms with Crippen molar-refractivity contribution >= 4 is 17.4 Å². The highest BCUT2D eigenvalue weighted by Gasteiger charge is 2.33. The molecule has 112 valence electrons. The molecule has 0 aromatic carbocycles. The molecule has 1 rings (SSSR count). The number of carbonyl (C=O) groups is 1. The number of Topliss-reactive ketones (excluding diaryl/α,β-unsaturated/α-hetero) is 1. The molecular formula is C14H17ClF3NO. The van der Waals surface area contributed by atoms with Crippen LogP contribution in [-0.4, -0.2) is 10.8 Å². The van der Waals surface area contributed by atoms with E-state index < -0.39 is 17.0 Å². The number of aromatic nitrogens is 1. The molecule has 0 saturated heterocycles. The lowest BCUT2D eigenvalue weighted by atomic mass is 9.78. The lowest BCUT2D eigenvalue weighted by molar-refractivity contribution is -0.141. The summed E-state index contributed by atoms with van der Waals surface area (Å²) in [5.41, 5.74) is -1.12. The van der Waals surface area contributed by atoms with Gasteiger partial charge >= 0.3 is 6.18 Å². The molecule has 0 aliphatic heterocycles. The number of nitrogens with zero attached hydrogens (tertiary/aromatic N) is 1. The van der Waals surface area contributed by atoms with Crippen molar-refractivity contribution < 1.29 is 18.0 Å². The number of ketones is 1. The standard InChI is InChI=1S/C14H17ClF3NO/c1-8(13(2,3)4)7-10(20)9-5-6-11(14(16,17)18)19-12(9)15/h5-6,8H,7H2,1-4H3. The van der Waals surface area contributed by atoms with Crippen LogP contribution in [-0.2, 0) is 6.18 Å². The summed E-state index contributed by atoms with van der Waals surface area (Å²) >= 11 is 5.70. The van der Waals surface area contributed by atoms with Crippen LogP contribution in [0.25, 0.3) is 0 Å². The molecule has 0 aliphatic rings. The van der Waals surface area contributed by atoms with Gasteiger partial charge in [-0.3, -0.25) is 4.79 Å². The zero-order chi connectivity index (χ0) is 15.7. The lowest BCUT2D eigenvalue weighted by Gasteiger charge is -2.26. The molecule has 0 aliphatic carbocycles. The van der Waals surface area contributed by atoms with Crippen molar-refractivity contribution in [2.75, 3.05) is 0 Å². The number of hydrogen-bond donors (Lipinski definition) is 0. The molecular weight excluding hydrogens is 291 g/mol. The van der Waals surface area contributed by atoms with Crippen molar-refractivity contribution in [2.24, 2.45) is 11.3 Å². The molecule has 0 amide bonds. The van der Waals surface area contributed by atoms with Crippen LogP contribution >= 0.6 is 11.6 Å². The predicted molar refractivity (Wildman–Crippen MR) is 71.8 cm³/mol. The molecule has 1 heterocycles. The summed E-state index contributed by atoms with van der Waals surface area (Å²) in [5, 5.41) is -0.397. The van der Waals surface area contributed by atoms with Crippen LogP contribution in [0, 0.1) is 11.3 Å². The van der Waals surface area contributed by atoms with Gasteiger partial charge in [0.15, 0.2) is 5.78 Å². The zero-order valence-corrected chi connectivity index (χ0v) is 12.6. The largest absolute Gasteiger partial charge is 0.433 e. The fourth-order valence-electron chi connectivity index (χ4n) is 1.49. The number of hydrogen-bond acceptors (Lipinski definition) is 2. The van der Waals surface area contributed by atoms with Gasteiger partial charge in [0.2, 0.25) is 0 Å². The molecule has 1 aromatic rings. The Labute approximate surface area is 121 Å². The Bertz CT molecular complexity index is 506. The second-order valence-corrected chi connectivity index (χ2v) is 6.29. The predicted octanol–water partition coefficient (Wildman–Crippen LogP) is 5.01. The van der Waals surface area contributed by atoms with Crippen LogP contribution in [0.5, 0.6) is 0 Å². The molecule has 2 nitrogen and oxygen atoms in total. The summed E-state index contributed by atoms with van der Waals surface area (Å²) in [6, 6.07) is 1.87. The third-order valence-electron chi connectivity index (χ3n) is 3.41. The summed E-state index contributed by atoms with van der Waals surface area (Å²) in [6.45, 7) is 7.91. The van der Waals surface area contributed by atoms with Crippen molar-refractivity contribution in [3.05, 3.63) is 28.5 Å². The molecule has 0 N–H and O–H groups in total. The van der Waals surface area contributed by atoms with Crippen LogP contribution in [0.2, 0.25) is 5.15 Å². The van der Waals surface area contributed by atoms with Gasteiger partial charge in [-0.05, 0) is 23.5 Å². The second kappa shape index (κ2) is 5.72. The third kappa shape index (κ3) is 4.20. The van der Waals surface area contributed by atoms with Crippen LogP contribution in [0.1, 0.15) is 50.2 Å². The first-order valence-electron chi connectivity index (χ1n) is 6.20. The van der Waals surface area contributed by atoms with Crippen molar-refractivity contribution in [3.8, 4) is 0 Å². The van der Waals surface area contributed by atoms with Gasteiger partial charge in [-0.2, -0.15) is 13.2 Å². The van der Waals surface area contributed by atoms with E-state index in [0.29, 0.717) is 0 Å². The molecule has 20 heavy (non-hydrogen) atoms. The van der Waals surface area contributed by atoms with E-state index in [9.17, 15) is 18.0 Å². The van der Waals surface area contributed by atoms with Crippen LogP contribution < -0.4 is 0 Å². The van der Waals surface area contributed by atoms with Crippen LogP contribution in [0.3, 0.4) is 0 Å². The van der Waals surface area contributed by atoms with Crippen molar-refractivity contribution in [1.29, 1.82) is 0 Å². The first-order chi connectivity index (χ1) is 8.93. The minimum atomic E-state index is -4.57. The normalized spacial score (nSPS) is 14.2. The van der Waals surface area contributed by atoms with Crippen molar-refractivity contribution in [1.82, 2.24) is 4.98 Å². The maximum Gasteiger partial charge on any atom is 0.433 e. The molecule has 0 bridgehead atoms. The highest BCUT2D eigenvalue weighted by Crippen LogP contribution is 2.32. The van der Waals surface area contributed by atoms with Gasteiger partial charge in [0, 0.05) is 6.42 Å². The van der Waals surface area contributed by atoms with E-state index in [4.69, 9.17) is 11.6 Å². The number of rotatable bonds is 3. The maximum absolute atomic E-state index is 12.5. The van der Waals surface area contributed by atoms with Gasteiger partial charge < -0.3 is 0 Å². The minimum Gasteiger partial charge on any atom is -0.294 e. The fraction of sp³-hybridized carbons (Fsp3) is 0.571. The van der Waals surface area contributed by atoms with Crippen LogP contribution in [0.4, 0.5) is 13.2 Å². The molecule has 6 heteroatoms. The van der Waals surface area contributed by atoms with Gasteiger partial charge in [-0.15, -0.1) is 0 Å². The molecule has 1 unspecified atom stereocenters. The van der Waals surface area contributed by atoms with Gasteiger partial charge in [0.25, 0.3) is 0 Å². The summed E-state index contributed by atoms with van der Waals surface area (Å²) in [6.07, 6.45) is -4.35. The lowest BCUT2D eigenvalue weighted by Crippen LogP contribution is -2.21. The van der Waals surface area contributed by atoms with E-state index in [0.717, 1.165) is 12.1 Å². The molecule has 1 aromatic heterocycles. The monoisotopic (exact) mass is 307 g/mol. The average molecular weight is 308 g/mol. The highest BCUT2D eigenvalue weighted by molar-refractivity contribution is 6.32. The number of pyridine rings is 1. The molecule has 1 atom stereocenters. The van der Waals surface area contributed by atoms with Gasteiger partial charge in [0.05, 0.1) is 5.56 Å². The smallest absolute Gasteiger partial charge is 0.294 e. The first-order valence-corrected chi connectivity index (χ1v) is 6.57. The Kier molecular flexibility index (Phi) is 4.85. The Morgan fingerprint density at radius 2 is 1.85 bits per heavy atom. The maximum atomic E-state index is 12.5. The number of alkyl halides is 3. The summed E-state index contributed by atoms with van der Waals surface area (Å²) in [4.78, 5) is 15.3. The topological polar surface area (TPSA) is 30.0 Å². The first kappa shape index (κ1) is 17.0. The average Bonchev–Trinajstić information content (AvgIpc) is 2.25. The Balaban J connectivity index is 2.96. The SMILES string of the molecule is CC(CC(=O)c1ccc(C(F)(F)F)nc1Cl)C(C)(C)C. The summed E-state index contributed by atoms with van der Waals surface area (Å²) in [7, 11) is 0. The van der Waals surface area contributed by atoms with Crippen molar-refractivity contribution in [3.63, 3.8) is 0 Å². The van der Waals surface area contributed by atoms with Gasteiger partial charge in [-0.25, -0.2) is 4.98 Å². The van der Waals surface area contributed by atoms with E-state index in [-0.39, 0.29) is 29.1 Å². The zero-order valence-electron chi connectivity index (χ0n) is 11.8. The summed E-state index contributed by atoms with van der Waals surface area (Å²) < 4.78 is 37.4. The fourth-order valence-corrected chi connectivity index (χ4v) is 1.75.